The molecule has 0 spiro atoms. The van der Waals surface area contributed by atoms with Gasteiger partial charge in [0.1, 0.15) is 16.5 Å². The van der Waals surface area contributed by atoms with Crippen molar-refractivity contribution in [3.63, 3.8) is 0 Å². The van der Waals surface area contributed by atoms with E-state index in [1.165, 1.54) is 13.8 Å². The number of rotatable bonds is 4. The zero-order chi connectivity index (χ0) is 13.2. The maximum Gasteiger partial charge on any atom is 0.242 e. The van der Waals surface area contributed by atoms with Gasteiger partial charge in [-0.15, -0.1) is 0 Å². The second kappa shape index (κ2) is 5.12. The van der Waals surface area contributed by atoms with E-state index in [1.807, 2.05) is 0 Å². The molecule has 7 heteroatoms. The van der Waals surface area contributed by atoms with Crippen LogP contribution < -0.4 is 4.72 Å². The molecule has 1 rings (SSSR count). The van der Waals surface area contributed by atoms with Gasteiger partial charge in [0, 0.05) is 0 Å². The first-order chi connectivity index (χ1) is 7.74. The molecule has 0 aliphatic rings. The first-order valence-electron chi connectivity index (χ1n) is 4.72. The average Bonchev–Trinajstić information content (AvgIpc) is 2.20. The number of carbonyl (C=O) groups excluding carboxylic acids is 1. The number of halogens is 2. The number of hydrogen-bond donors (Lipinski definition) is 1. The van der Waals surface area contributed by atoms with Gasteiger partial charge in [-0.25, -0.2) is 17.5 Å². The van der Waals surface area contributed by atoms with Gasteiger partial charge in [0.25, 0.3) is 0 Å². The lowest BCUT2D eigenvalue weighted by Gasteiger charge is -2.12. The molecule has 1 atom stereocenters. The minimum Gasteiger partial charge on any atom is -0.298 e. The average molecular weight is 280 g/mol. The van der Waals surface area contributed by atoms with E-state index in [1.54, 1.807) is 0 Å². The molecule has 0 aliphatic carbocycles. The van der Waals surface area contributed by atoms with Crippen LogP contribution in [0, 0.1) is 5.82 Å². The van der Waals surface area contributed by atoms with E-state index < -0.39 is 21.9 Å². The third-order valence-corrected chi connectivity index (χ3v) is 4.15. The van der Waals surface area contributed by atoms with Crippen LogP contribution in [0.1, 0.15) is 13.8 Å². The topological polar surface area (TPSA) is 63.2 Å². The second-order valence-corrected chi connectivity index (χ2v) is 5.62. The lowest BCUT2D eigenvalue weighted by Crippen LogP contribution is -2.37. The first kappa shape index (κ1) is 14.1. The Labute approximate surface area is 104 Å². The van der Waals surface area contributed by atoms with E-state index >= 15 is 0 Å². The number of ketones is 1. The van der Waals surface area contributed by atoms with E-state index in [4.69, 9.17) is 11.6 Å². The molecule has 0 saturated heterocycles. The van der Waals surface area contributed by atoms with Crippen molar-refractivity contribution in [1.29, 1.82) is 0 Å². The molecule has 0 bridgehead atoms. The van der Waals surface area contributed by atoms with E-state index in [-0.39, 0.29) is 15.7 Å². The number of carbonyl (C=O) groups is 1. The van der Waals surface area contributed by atoms with Crippen molar-refractivity contribution in [1.82, 2.24) is 4.72 Å². The monoisotopic (exact) mass is 279 g/mol. The molecule has 0 radical (unpaired) electrons. The Bertz CT molecular complexity index is 544. The van der Waals surface area contributed by atoms with Crippen LogP contribution in [0.25, 0.3) is 0 Å². The summed E-state index contributed by atoms with van der Waals surface area (Å²) >= 11 is 5.67. The smallest absolute Gasteiger partial charge is 0.242 e. The largest absolute Gasteiger partial charge is 0.298 e. The van der Waals surface area contributed by atoms with Crippen molar-refractivity contribution in [3.8, 4) is 0 Å². The third kappa shape index (κ3) is 3.49. The fourth-order valence-corrected chi connectivity index (χ4v) is 2.84. The van der Waals surface area contributed by atoms with Gasteiger partial charge in [-0.3, -0.25) is 4.79 Å². The highest BCUT2D eigenvalue weighted by molar-refractivity contribution is 7.89. The molecule has 0 aliphatic heterocycles. The van der Waals surface area contributed by atoms with Crippen molar-refractivity contribution in [2.24, 2.45) is 0 Å². The molecule has 0 amide bonds. The lowest BCUT2D eigenvalue weighted by molar-refractivity contribution is -0.118. The van der Waals surface area contributed by atoms with Crippen LogP contribution in [0.15, 0.2) is 23.1 Å². The Balaban J connectivity index is 3.13. The summed E-state index contributed by atoms with van der Waals surface area (Å²) < 4.78 is 38.7. The number of sulfonamides is 1. The summed E-state index contributed by atoms with van der Waals surface area (Å²) in [5, 5.41) is -0.102. The van der Waals surface area contributed by atoms with E-state index in [0.717, 1.165) is 18.2 Å². The van der Waals surface area contributed by atoms with Crippen LogP contribution in [-0.4, -0.2) is 20.2 Å². The van der Waals surface area contributed by atoms with Crippen molar-refractivity contribution in [3.05, 3.63) is 29.0 Å². The first-order valence-corrected chi connectivity index (χ1v) is 6.58. The van der Waals surface area contributed by atoms with E-state index in [9.17, 15) is 17.6 Å². The maximum absolute atomic E-state index is 13.0. The van der Waals surface area contributed by atoms with Crippen LogP contribution in [0.2, 0.25) is 5.02 Å². The standard InChI is InChI=1S/C10H11ClFNO3S/c1-6(7(2)14)13-17(15,16)10-5-8(12)3-4-9(10)11/h3-6,13H,1-2H3. The van der Waals surface area contributed by atoms with Gasteiger partial charge in [0.05, 0.1) is 11.1 Å². The van der Waals surface area contributed by atoms with Crippen LogP contribution in [0.4, 0.5) is 4.39 Å². The highest BCUT2D eigenvalue weighted by Crippen LogP contribution is 2.22. The highest BCUT2D eigenvalue weighted by Gasteiger charge is 2.22. The van der Waals surface area contributed by atoms with Crippen molar-refractivity contribution in [2.45, 2.75) is 24.8 Å². The fraction of sp³-hybridized carbons (Fsp3) is 0.300. The summed E-state index contributed by atoms with van der Waals surface area (Å²) in [7, 11) is -4.00. The quantitative estimate of drug-likeness (QED) is 0.913. The normalized spacial score (nSPS) is 13.4. The molecule has 94 valence electrons. The highest BCUT2D eigenvalue weighted by atomic mass is 35.5. The zero-order valence-corrected chi connectivity index (χ0v) is 10.8. The summed E-state index contributed by atoms with van der Waals surface area (Å²) in [5.74, 6) is -1.06. The molecule has 0 saturated carbocycles. The minimum atomic E-state index is -4.00. The van der Waals surface area contributed by atoms with Crippen LogP contribution in [0.3, 0.4) is 0 Å². The van der Waals surface area contributed by atoms with Crippen molar-refractivity contribution in [2.75, 3.05) is 0 Å². The molecule has 17 heavy (non-hydrogen) atoms. The number of nitrogens with one attached hydrogen (secondary N) is 1. The Morgan fingerprint density at radius 2 is 2.06 bits per heavy atom. The van der Waals surface area contributed by atoms with E-state index in [0.29, 0.717) is 0 Å². The Hall–Kier alpha value is -0.980. The lowest BCUT2D eigenvalue weighted by atomic mass is 10.3. The zero-order valence-electron chi connectivity index (χ0n) is 9.20. The summed E-state index contributed by atoms with van der Waals surface area (Å²) in [6, 6.07) is 2.11. The van der Waals surface area contributed by atoms with Gasteiger partial charge < -0.3 is 0 Å². The fourth-order valence-electron chi connectivity index (χ4n) is 1.06. The molecular weight excluding hydrogens is 269 g/mol. The maximum atomic E-state index is 13.0. The predicted molar refractivity (Wildman–Crippen MR) is 61.9 cm³/mol. The van der Waals surface area contributed by atoms with Crippen LogP contribution in [-0.2, 0) is 14.8 Å². The Morgan fingerprint density at radius 3 is 2.59 bits per heavy atom. The number of hydrogen-bond acceptors (Lipinski definition) is 3. The summed E-state index contributed by atoms with van der Waals surface area (Å²) in [4.78, 5) is 10.6. The molecule has 1 unspecified atom stereocenters. The summed E-state index contributed by atoms with van der Waals surface area (Å²) in [6.45, 7) is 2.65. The van der Waals surface area contributed by atoms with Gasteiger partial charge in [0.15, 0.2) is 0 Å². The molecule has 1 N–H and O–H groups in total. The number of Topliss-reactive ketones (excluding diaryl/α,β-unsaturated/α-hetero) is 1. The Morgan fingerprint density at radius 1 is 1.47 bits per heavy atom. The van der Waals surface area contributed by atoms with Gasteiger partial charge in [-0.05, 0) is 32.0 Å². The Kier molecular flexibility index (Phi) is 4.24. The van der Waals surface area contributed by atoms with Gasteiger partial charge in [0.2, 0.25) is 10.0 Å². The predicted octanol–water partition coefficient (Wildman–Crippen LogP) is 1.73. The molecule has 1 aromatic rings. The van der Waals surface area contributed by atoms with Gasteiger partial charge >= 0.3 is 0 Å². The van der Waals surface area contributed by atoms with Gasteiger partial charge in [-0.1, -0.05) is 11.6 Å². The van der Waals surface area contributed by atoms with Crippen LogP contribution >= 0.6 is 11.6 Å². The molecule has 4 nitrogen and oxygen atoms in total. The summed E-state index contributed by atoms with van der Waals surface area (Å²) in [5.41, 5.74) is 0. The van der Waals surface area contributed by atoms with Crippen molar-refractivity contribution >= 4 is 27.4 Å². The molecule has 0 fully saturated rings. The van der Waals surface area contributed by atoms with Crippen molar-refractivity contribution < 1.29 is 17.6 Å². The SMILES string of the molecule is CC(=O)C(C)NS(=O)(=O)c1cc(F)ccc1Cl. The third-order valence-electron chi connectivity index (χ3n) is 2.12. The number of benzene rings is 1. The van der Waals surface area contributed by atoms with Gasteiger partial charge in [-0.2, -0.15) is 0 Å². The molecular formula is C10H11ClFNO3S. The second-order valence-electron chi connectivity index (χ2n) is 3.53. The van der Waals surface area contributed by atoms with E-state index in [2.05, 4.69) is 4.72 Å². The molecule has 1 aromatic carbocycles. The van der Waals surface area contributed by atoms with Crippen LogP contribution in [0.5, 0.6) is 0 Å². The summed E-state index contributed by atoms with van der Waals surface area (Å²) in [6.07, 6.45) is 0. The minimum absolute atomic E-state index is 0.102. The molecule has 0 heterocycles. The molecule has 0 aromatic heterocycles.